The standard InChI is InChI=1S/C17H26N4O2/c1-13-11-16(20-17(18-13)21-9-5-6-10-21)23-12-15(22)19-14-7-3-2-4-8-14/h11,14H,2-10,12H2,1H3,(H,19,22). The molecule has 1 saturated heterocycles. The fourth-order valence-electron chi connectivity index (χ4n) is 3.31. The molecule has 3 rings (SSSR count). The van der Waals surface area contributed by atoms with Gasteiger partial charge in [0.2, 0.25) is 11.8 Å². The molecule has 0 aromatic carbocycles. The van der Waals surface area contributed by atoms with Gasteiger partial charge < -0.3 is 15.0 Å². The minimum Gasteiger partial charge on any atom is -0.467 e. The first-order valence-corrected chi connectivity index (χ1v) is 8.73. The zero-order valence-electron chi connectivity index (χ0n) is 13.9. The third kappa shape index (κ3) is 4.56. The Labute approximate surface area is 137 Å². The van der Waals surface area contributed by atoms with E-state index in [2.05, 4.69) is 20.2 Å². The van der Waals surface area contributed by atoms with E-state index in [0.717, 1.165) is 31.6 Å². The second-order valence-corrected chi connectivity index (χ2v) is 6.53. The maximum absolute atomic E-state index is 12.0. The van der Waals surface area contributed by atoms with Gasteiger partial charge in [0.25, 0.3) is 5.91 Å². The maximum atomic E-state index is 12.0. The van der Waals surface area contributed by atoms with Crippen LogP contribution in [0.5, 0.6) is 5.88 Å². The van der Waals surface area contributed by atoms with Gasteiger partial charge in [0, 0.05) is 30.9 Å². The number of ether oxygens (including phenoxy) is 1. The summed E-state index contributed by atoms with van der Waals surface area (Å²) in [5.74, 6) is 1.14. The highest BCUT2D eigenvalue weighted by Crippen LogP contribution is 2.20. The van der Waals surface area contributed by atoms with Crippen molar-refractivity contribution >= 4 is 11.9 Å². The number of nitrogens with zero attached hydrogens (tertiary/aromatic N) is 3. The zero-order chi connectivity index (χ0) is 16.1. The summed E-state index contributed by atoms with van der Waals surface area (Å²) in [7, 11) is 0. The van der Waals surface area contributed by atoms with Gasteiger partial charge in [0.05, 0.1) is 0 Å². The van der Waals surface area contributed by atoms with Gasteiger partial charge in [-0.05, 0) is 32.6 Å². The third-order valence-electron chi connectivity index (χ3n) is 4.53. The van der Waals surface area contributed by atoms with Crippen molar-refractivity contribution in [1.82, 2.24) is 15.3 Å². The molecule has 0 bridgehead atoms. The van der Waals surface area contributed by atoms with Gasteiger partial charge in [0.1, 0.15) is 0 Å². The van der Waals surface area contributed by atoms with Crippen LogP contribution in [0, 0.1) is 6.92 Å². The van der Waals surface area contributed by atoms with E-state index in [-0.39, 0.29) is 12.5 Å². The number of carbonyl (C=O) groups is 1. The number of aryl methyl sites for hydroxylation is 1. The van der Waals surface area contributed by atoms with E-state index in [1.54, 1.807) is 6.07 Å². The van der Waals surface area contributed by atoms with Crippen LogP contribution in [-0.2, 0) is 4.79 Å². The Morgan fingerprint density at radius 3 is 2.70 bits per heavy atom. The van der Waals surface area contributed by atoms with Crippen LogP contribution in [0.3, 0.4) is 0 Å². The van der Waals surface area contributed by atoms with Gasteiger partial charge in [-0.1, -0.05) is 19.3 Å². The average Bonchev–Trinajstić information content (AvgIpc) is 3.08. The number of hydrogen-bond donors (Lipinski definition) is 1. The summed E-state index contributed by atoms with van der Waals surface area (Å²) in [4.78, 5) is 23.1. The topological polar surface area (TPSA) is 67.3 Å². The molecule has 6 nitrogen and oxygen atoms in total. The van der Waals surface area contributed by atoms with Crippen LogP contribution in [0.25, 0.3) is 0 Å². The molecule has 0 spiro atoms. The van der Waals surface area contributed by atoms with Crippen molar-refractivity contribution in [1.29, 1.82) is 0 Å². The summed E-state index contributed by atoms with van der Waals surface area (Å²) in [6.45, 7) is 3.93. The molecule has 0 radical (unpaired) electrons. The minimum atomic E-state index is -0.0594. The lowest BCUT2D eigenvalue weighted by Crippen LogP contribution is -2.39. The second-order valence-electron chi connectivity index (χ2n) is 6.53. The predicted octanol–water partition coefficient (Wildman–Crippen LogP) is 2.21. The van der Waals surface area contributed by atoms with E-state index < -0.39 is 0 Å². The fraction of sp³-hybridized carbons (Fsp3) is 0.706. The normalized spacial score (nSPS) is 18.9. The largest absolute Gasteiger partial charge is 0.467 e. The summed E-state index contributed by atoms with van der Waals surface area (Å²) >= 11 is 0. The molecule has 1 aliphatic carbocycles. The maximum Gasteiger partial charge on any atom is 0.258 e. The predicted molar refractivity (Wildman–Crippen MR) is 88.7 cm³/mol. The van der Waals surface area contributed by atoms with Crippen LogP contribution in [0.4, 0.5) is 5.95 Å². The molecule has 1 saturated carbocycles. The highest BCUT2D eigenvalue weighted by atomic mass is 16.5. The van der Waals surface area contributed by atoms with Crippen LogP contribution >= 0.6 is 0 Å². The monoisotopic (exact) mass is 318 g/mol. The van der Waals surface area contributed by atoms with E-state index in [1.165, 1.54) is 32.1 Å². The Morgan fingerprint density at radius 2 is 1.96 bits per heavy atom. The lowest BCUT2D eigenvalue weighted by atomic mass is 9.95. The second kappa shape index (κ2) is 7.62. The van der Waals surface area contributed by atoms with E-state index in [4.69, 9.17) is 4.74 Å². The fourth-order valence-corrected chi connectivity index (χ4v) is 3.31. The van der Waals surface area contributed by atoms with Crippen molar-refractivity contribution in [3.05, 3.63) is 11.8 Å². The molecule has 1 amide bonds. The highest BCUT2D eigenvalue weighted by molar-refractivity contribution is 5.77. The van der Waals surface area contributed by atoms with Crippen LogP contribution < -0.4 is 15.0 Å². The summed E-state index contributed by atoms with van der Waals surface area (Å²) in [6, 6.07) is 2.10. The van der Waals surface area contributed by atoms with Gasteiger partial charge in [-0.25, -0.2) is 4.98 Å². The lowest BCUT2D eigenvalue weighted by molar-refractivity contribution is -0.124. The van der Waals surface area contributed by atoms with Crippen molar-refractivity contribution in [3.63, 3.8) is 0 Å². The van der Waals surface area contributed by atoms with Crippen LogP contribution in [-0.4, -0.2) is 41.6 Å². The summed E-state index contributed by atoms with van der Waals surface area (Å²) in [5.41, 5.74) is 0.865. The van der Waals surface area contributed by atoms with Crippen LogP contribution in [0.15, 0.2) is 6.07 Å². The lowest BCUT2D eigenvalue weighted by Gasteiger charge is -2.22. The molecule has 0 atom stereocenters. The quantitative estimate of drug-likeness (QED) is 0.901. The molecule has 2 aliphatic rings. The van der Waals surface area contributed by atoms with Crippen molar-refractivity contribution in [2.45, 2.75) is 57.9 Å². The number of hydrogen-bond acceptors (Lipinski definition) is 5. The van der Waals surface area contributed by atoms with E-state index in [0.29, 0.717) is 17.9 Å². The molecular formula is C17H26N4O2. The molecule has 2 heterocycles. The zero-order valence-corrected chi connectivity index (χ0v) is 13.9. The smallest absolute Gasteiger partial charge is 0.258 e. The molecule has 1 N–H and O–H groups in total. The van der Waals surface area contributed by atoms with E-state index in [9.17, 15) is 4.79 Å². The third-order valence-corrected chi connectivity index (χ3v) is 4.53. The molecular weight excluding hydrogens is 292 g/mol. The Balaban J connectivity index is 1.53. The van der Waals surface area contributed by atoms with E-state index in [1.807, 2.05) is 6.92 Å². The van der Waals surface area contributed by atoms with Crippen LogP contribution in [0.2, 0.25) is 0 Å². The van der Waals surface area contributed by atoms with E-state index >= 15 is 0 Å². The Hall–Kier alpha value is -1.85. The van der Waals surface area contributed by atoms with Gasteiger partial charge in [-0.3, -0.25) is 4.79 Å². The first-order valence-electron chi connectivity index (χ1n) is 8.73. The summed E-state index contributed by atoms with van der Waals surface area (Å²) in [5, 5.41) is 3.06. The molecule has 1 aliphatic heterocycles. The molecule has 2 fully saturated rings. The minimum absolute atomic E-state index is 0.0202. The van der Waals surface area contributed by atoms with Crippen LogP contribution in [0.1, 0.15) is 50.6 Å². The molecule has 1 aromatic rings. The van der Waals surface area contributed by atoms with Crippen molar-refractivity contribution < 1.29 is 9.53 Å². The Kier molecular flexibility index (Phi) is 5.31. The molecule has 1 aromatic heterocycles. The van der Waals surface area contributed by atoms with Crippen molar-refractivity contribution in [2.75, 3.05) is 24.6 Å². The van der Waals surface area contributed by atoms with Gasteiger partial charge in [0.15, 0.2) is 6.61 Å². The number of amides is 1. The number of aromatic nitrogens is 2. The number of anilines is 1. The first-order chi connectivity index (χ1) is 11.2. The SMILES string of the molecule is Cc1cc(OCC(=O)NC2CCCCC2)nc(N2CCCC2)n1. The number of carbonyl (C=O) groups excluding carboxylic acids is 1. The van der Waals surface area contributed by atoms with Crippen molar-refractivity contribution in [3.8, 4) is 5.88 Å². The number of nitrogens with one attached hydrogen (secondary N) is 1. The summed E-state index contributed by atoms with van der Waals surface area (Å²) in [6.07, 6.45) is 8.21. The average molecular weight is 318 g/mol. The Morgan fingerprint density at radius 1 is 1.22 bits per heavy atom. The molecule has 0 unspecified atom stereocenters. The summed E-state index contributed by atoms with van der Waals surface area (Å²) < 4.78 is 5.60. The molecule has 6 heteroatoms. The first kappa shape index (κ1) is 16.0. The Bertz CT molecular complexity index is 537. The van der Waals surface area contributed by atoms with Gasteiger partial charge in [-0.15, -0.1) is 0 Å². The van der Waals surface area contributed by atoms with Gasteiger partial charge >= 0.3 is 0 Å². The van der Waals surface area contributed by atoms with Gasteiger partial charge in [-0.2, -0.15) is 4.98 Å². The number of rotatable bonds is 5. The molecule has 23 heavy (non-hydrogen) atoms. The molecule has 126 valence electrons. The highest BCUT2D eigenvalue weighted by Gasteiger charge is 2.18. The van der Waals surface area contributed by atoms with Crippen molar-refractivity contribution in [2.24, 2.45) is 0 Å².